The summed E-state index contributed by atoms with van der Waals surface area (Å²) in [6.07, 6.45) is 6.97. The van der Waals surface area contributed by atoms with Gasteiger partial charge in [-0.15, -0.1) is 0 Å². The molecule has 1 aliphatic rings. The summed E-state index contributed by atoms with van der Waals surface area (Å²) in [6, 6.07) is 0.504. The molecule has 1 rings (SSSR count). The lowest BCUT2D eigenvalue weighted by Crippen LogP contribution is -2.43. The minimum Gasteiger partial charge on any atom is -0.444 e. The zero-order valence-corrected chi connectivity index (χ0v) is 16.1. The van der Waals surface area contributed by atoms with E-state index < -0.39 is 5.60 Å². The third-order valence-corrected chi connectivity index (χ3v) is 3.85. The smallest absolute Gasteiger partial charge is 0.410 e. The van der Waals surface area contributed by atoms with E-state index in [-0.39, 0.29) is 12.1 Å². The van der Waals surface area contributed by atoms with Gasteiger partial charge in [0.25, 0.3) is 0 Å². The number of hydrogen-bond acceptors (Lipinski definition) is 3. The molecule has 6 heteroatoms. The van der Waals surface area contributed by atoms with Crippen molar-refractivity contribution in [2.75, 3.05) is 20.1 Å². The lowest BCUT2D eigenvalue weighted by atomic mass is 10.2. The quantitative estimate of drug-likeness (QED) is 0.444. The van der Waals surface area contributed by atoms with Crippen molar-refractivity contribution >= 4 is 12.1 Å². The molecule has 1 aliphatic carbocycles. The number of nitrogens with one attached hydrogen (secondary N) is 2. The first-order chi connectivity index (χ1) is 11.2. The van der Waals surface area contributed by atoms with E-state index in [9.17, 15) is 4.79 Å². The van der Waals surface area contributed by atoms with Crippen molar-refractivity contribution in [3.63, 3.8) is 0 Å². The second kappa shape index (κ2) is 9.55. The molecule has 0 spiro atoms. The summed E-state index contributed by atoms with van der Waals surface area (Å²) < 4.78 is 5.39. The average Bonchev–Trinajstić information content (AvgIpc) is 2.97. The number of nitrogens with zero attached hydrogens (tertiary/aromatic N) is 2. The Kier molecular flexibility index (Phi) is 8.08. The van der Waals surface area contributed by atoms with Gasteiger partial charge in [0.05, 0.1) is 0 Å². The lowest BCUT2D eigenvalue weighted by Gasteiger charge is -2.28. The van der Waals surface area contributed by atoms with Crippen molar-refractivity contribution in [1.29, 1.82) is 0 Å². The Hall–Kier alpha value is -1.72. The molecular weight excluding hydrogens is 304 g/mol. The van der Waals surface area contributed by atoms with Crippen LogP contribution in [0.25, 0.3) is 0 Å². The van der Waals surface area contributed by atoms with E-state index in [1.807, 2.05) is 27.7 Å². The SMILES string of the molecule is CCNC(=NCCC(C)N(C)C(=O)OC(C)(C)C)NC1CC=CC1. The topological polar surface area (TPSA) is 66.0 Å². The number of rotatable bonds is 6. The highest BCUT2D eigenvalue weighted by Crippen LogP contribution is 2.12. The number of guanidine groups is 1. The molecule has 138 valence electrons. The van der Waals surface area contributed by atoms with Crippen molar-refractivity contribution in [3.05, 3.63) is 12.2 Å². The first-order valence-electron chi connectivity index (χ1n) is 8.88. The molecular formula is C18H34N4O2. The number of aliphatic imine (C=N–C) groups is 1. The standard InChI is InChI=1S/C18H34N4O2/c1-7-19-16(21-15-10-8-9-11-15)20-13-12-14(2)22(6)17(23)24-18(3,4)5/h8-9,14-15H,7,10-13H2,1-6H3,(H2,19,20,21). The summed E-state index contributed by atoms with van der Waals surface area (Å²) in [4.78, 5) is 18.3. The van der Waals surface area contributed by atoms with Crippen LogP contribution in [0.3, 0.4) is 0 Å². The molecule has 2 N–H and O–H groups in total. The minimum absolute atomic E-state index is 0.0691. The van der Waals surface area contributed by atoms with Gasteiger partial charge in [0, 0.05) is 32.2 Å². The highest BCUT2D eigenvalue weighted by molar-refractivity contribution is 5.80. The van der Waals surface area contributed by atoms with Gasteiger partial charge < -0.3 is 20.3 Å². The van der Waals surface area contributed by atoms with Gasteiger partial charge in [-0.1, -0.05) is 12.2 Å². The van der Waals surface area contributed by atoms with Gasteiger partial charge in [-0.05, 0) is 53.9 Å². The van der Waals surface area contributed by atoms with Crippen LogP contribution in [0.4, 0.5) is 4.79 Å². The molecule has 0 aromatic carbocycles. The Labute approximate surface area is 146 Å². The third kappa shape index (κ3) is 7.70. The number of ether oxygens (including phenoxy) is 1. The molecule has 0 aliphatic heterocycles. The maximum Gasteiger partial charge on any atom is 0.410 e. The number of carbonyl (C=O) groups is 1. The molecule has 6 nitrogen and oxygen atoms in total. The molecule has 24 heavy (non-hydrogen) atoms. The summed E-state index contributed by atoms with van der Waals surface area (Å²) in [7, 11) is 1.77. The van der Waals surface area contributed by atoms with E-state index >= 15 is 0 Å². The van der Waals surface area contributed by atoms with Crippen LogP contribution in [0.2, 0.25) is 0 Å². The van der Waals surface area contributed by atoms with Crippen LogP contribution in [0.1, 0.15) is 53.9 Å². The molecule has 0 aromatic heterocycles. The summed E-state index contributed by atoms with van der Waals surface area (Å²) in [5, 5.41) is 6.72. The van der Waals surface area contributed by atoms with Crippen LogP contribution < -0.4 is 10.6 Å². The lowest BCUT2D eigenvalue weighted by molar-refractivity contribution is 0.0231. The van der Waals surface area contributed by atoms with Crippen molar-refractivity contribution in [2.24, 2.45) is 4.99 Å². The Morgan fingerprint density at radius 2 is 2.00 bits per heavy atom. The number of hydrogen-bond donors (Lipinski definition) is 2. The van der Waals surface area contributed by atoms with E-state index in [2.05, 4.69) is 34.7 Å². The maximum atomic E-state index is 12.1. The summed E-state index contributed by atoms with van der Waals surface area (Å²) in [6.45, 7) is 11.2. The zero-order valence-electron chi connectivity index (χ0n) is 16.1. The van der Waals surface area contributed by atoms with Crippen molar-refractivity contribution < 1.29 is 9.53 Å². The van der Waals surface area contributed by atoms with Crippen molar-refractivity contribution in [3.8, 4) is 0 Å². The van der Waals surface area contributed by atoms with Gasteiger partial charge >= 0.3 is 6.09 Å². The van der Waals surface area contributed by atoms with Crippen LogP contribution in [0.15, 0.2) is 17.1 Å². The number of carbonyl (C=O) groups excluding carboxylic acids is 1. The van der Waals surface area contributed by atoms with Gasteiger partial charge in [-0.3, -0.25) is 4.99 Å². The normalized spacial score (nSPS) is 16.8. The first kappa shape index (κ1) is 20.3. The first-order valence-corrected chi connectivity index (χ1v) is 8.88. The largest absolute Gasteiger partial charge is 0.444 e. The van der Waals surface area contributed by atoms with Gasteiger partial charge in [0.15, 0.2) is 5.96 Å². The average molecular weight is 338 g/mol. The molecule has 1 amide bonds. The minimum atomic E-state index is -0.472. The second-order valence-electron chi connectivity index (χ2n) is 7.27. The second-order valence-corrected chi connectivity index (χ2v) is 7.27. The highest BCUT2D eigenvalue weighted by Gasteiger charge is 2.22. The van der Waals surface area contributed by atoms with E-state index in [1.165, 1.54) is 0 Å². The van der Waals surface area contributed by atoms with E-state index in [0.29, 0.717) is 12.6 Å². The molecule has 0 radical (unpaired) electrons. The predicted octanol–water partition coefficient (Wildman–Crippen LogP) is 2.91. The van der Waals surface area contributed by atoms with E-state index in [0.717, 1.165) is 31.8 Å². The fourth-order valence-electron chi connectivity index (χ4n) is 2.32. The van der Waals surface area contributed by atoms with Crippen LogP contribution in [-0.4, -0.2) is 54.8 Å². The van der Waals surface area contributed by atoms with Gasteiger partial charge in [0.1, 0.15) is 5.60 Å². The third-order valence-electron chi connectivity index (χ3n) is 3.85. The molecule has 1 unspecified atom stereocenters. The molecule has 0 aromatic rings. The Bertz CT molecular complexity index is 446. The van der Waals surface area contributed by atoms with Crippen molar-refractivity contribution in [1.82, 2.24) is 15.5 Å². The fourth-order valence-corrected chi connectivity index (χ4v) is 2.32. The Morgan fingerprint density at radius 1 is 1.38 bits per heavy atom. The molecule has 1 atom stereocenters. The molecule has 0 saturated heterocycles. The summed E-state index contributed by atoms with van der Waals surface area (Å²) in [5.41, 5.74) is -0.472. The summed E-state index contributed by atoms with van der Waals surface area (Å²) in [5.74, 6) is 0.846. The Balaban J connectivity index is 2.44. The van der Waals surface area contributed by atoms with Crippen LogP contribution in [0, 0.1) is 0 Å². The monoisotopic (exact) mass is 338 g/mol. The fraction of sp³-hybridized carbons (Fsp3) is 0.778. The molecule has 0 heterocycles. The maximum absolute atomic E-state index is 12.1. The zero-order chi connectivity index (χ0) is 18.2. The van der Waals surface area contributed by atoms with Crippen molar-refractivity contribution in [2.45, 2.75) is 71.6 Å². The van der Waals surface area contributed by atoms with Crippen LogP contribution >= 0.6 is 0 Å². The molecule has 0 bridgehead atoms. The van der Waals surface area contributed by atoms with Gasteiger partial charge in [-0.2, -0.15) is 0 Å². The van der Waals surface area contributed by atoms with E-state index in [1.54, 1.807) is 11.9 Å². The Morgan fingerprint density at radius 3 is 2.54 bits per heavy atom. The van der Waals surface area contributed by atoms with Crippen LogP contribution in [-0.2, 0) is 4.74 Å². The molecule has 0 saturated carbocycles. The summed E-state index contributed by atoms with van der Waals surface area (Å²) >= 11 is 0. The van der Waals surface area contributed by atoms with Gasteiger partial charge in [0.2, 0.25) is 0 Å². The number of amides is 1. The van der Waals surface area contributed by atoms with Crippen LogP contribution in [0.5, 0.6) is 0 Å². The van der Waals surface area contributed by atoms with Gasteiger partial charge in [-0.25, -0.2) is 4.79 Å². The highest BCUT2D eigenvalue weighted by atomic mass is 16.6. The molecule has 0 fully saturated rings. The van der Waals surface area contributed by atoms with E-state index in [4.69, 9.17) is 4.74 Å². The predicted molar refractivity (Wildman–Crippen MR) is 99.4 cm³/mol.